The van der Waals surface area contributed by atoms with Gasteiger partial charge in [0.25, 0.3) is 0 Å². The highest BCUT2D eigenvalue weighted by Gasteiger charge is 2.46. The highest BCUT2D eigenvalue weighted by atomic mass is 35.5. The van der Waals surface area contributed by atoms with Crippen LogP contribution >= 0.6 is 24.8 Å². The standard InChI is InChI=1S/C18H19F2N3.2ClH/c1-22-9-13-10-23(17-5-6-21-8-16(17)20)11-15(13)18(22)12-3-2-4-14(19)7-12;;/h2-8,13,15,18H,9-11H2,1H3;2*1H/t13-,15+,18-;;/m0../s1. The van der Waals surface area contributed by atoms with Gasteiger partial charge in [-0.15, -0.1) is 24.8 Å². The van der Waals surface area contributed by atoms with Gasteiger partial charge in [0.2, 0.25) is 0 Å². The highest BCUT2D eigenvalue weighted by Crippen LogP contribution is 2.45. The molecule has 7 heteroatoms. The maximum Gasteiger partial charge on any atom is 0.164 e. The Morgan fingerprint density at radius 1 is 1.08 bits per heavy atom. The molecule has 2 aliphatic heterocycles. The van der Waals surface area contributed by atoms with E-state index >= 15 is 0 Å². The molecule has 2 saturated heterocycles. The average molecular weight is 388 g/mol. The average Bonchev–Trinajstić information content (AvgIpc) is 3.04. The molecular weight excluding hydrogens is 367 g/mol. The van der Waals surface area contributed by atoms with E-state index in [1.807, 2.05) is 6.07 Å². The van der Waals surface area contributed by atoms with E-state index in [1.165, 1.54) is 12.3 Å². The molecule has 136 valence electrons. The van der Waals surface area contributed by atoms with Crippen molar-refractivity contribution in [3.63, 3.8) is 0 Å². The molecule has 4 rings (SSSR count). The molecule has 2 aromatic rings. The third-order valence-electron chi connectivity index (χ3n) is 5.18. The van der Waals surface area contributed by atoms with Crippen LogP contribution < -0.4 is 4.90 Å². The van der Waals surface area contributed by atoms with Crippen LogP contribution in [0.15, 0.2) is 42.7 Å². The van der Waals surface area contributed by atoms with Crippen molar-refractivity contribution in [3.8, 4) is 0 Å². The van der Waals surface area contributed by atoms with Crippen LogP contribution in [0.2, 0.25) is 0 Å². The van der Waals surface area contributed by atoms with E-state index in [2.05, 4.69) is 21.8 Å². The number of benzene rings is 1. The minimum atomic E-state index is -0.275. The van der Waals surface area contributed by atoms with E-state index < -0.39 is 0 Å². The van der Waals surface area contributed by atoms with Gasteiger partial charge in [-0.3, -0.25) is 9.88 Å². The van der Waals surface area contributed by atoms with Gasteiger partial charge in [0.15, 0.2) is 5.82 Å². The molecule has 3 atom stereocenters. The Bertz CT molecular complexity index is 731. The number of fused-ring (bicyclic) bond motifs is 1. The van der Waals surface area contributed by atoms with Gasteiger partial charge in [0.1, 0.15) is 5.82 Å². The van der Waals surface area contributed by atoms with Gasteiger partial charge in [-0.2, -0.15) is 0 Å². The Labute approximate surface area is 158 Å². The molecule has 0 bridgehead atoms. The molecule has 3 nitrogen and oxygen atoms in total. The number of hydrogen-bond donors (Lipinski definition) is 0. The second-order valence-electron chi connectivity index (χ2n) is 6.60. The number of likely N-dealkylation sites (tertiary alicyclic amines) is 1. The number of anilines is 1. The largest absolute Gasteiger partial charge is 0.368 e. The predicted octanol–water partition coefficient (Wildman–Crippen LogP) is 3.94. The second kappa shape index (κ2) is 7.85. The molecule has 0 radical (unpaired) electrons. The summed E-state index contributed by atoms with van der Waals surface area (Å²) in [4.78, 5) is 8.22. The van der Waals surface area contributed by atoms with Crippen molar-refractivity contribution < 1.29 is 8.78 Å². The van der Waals surface area contributed by atoms with Crippen molar-refractivity contribution in [1.82, 2.24) is 9.88 Å². The third-order valence-corrected chi connectivity index (χ3v) is 5.18. The lowest BCUT2D eigenvalue weighted by atomic mass is 9.89. The summed E-state index contributed by atoms with van der Waals surface area (Å²) in [6.45, 7) is 2.58. The molecule has 2 fully saturated rings. The zero-order valence-electron chi connectivity index (χ0n) is 13.8. The van der Waals surface area contributed by atoms with Crippen LogP contribution in [0.4, 0.5) is 14.5 Å². The van der Waals surface area contributed by atoms with Gasteiger partial charge in [-0.05, 0) is 36.7 Å². The maximum absolute atomic E-state index is 14.0. The Morgan fingerprint density at radius 3 is 2.60 bits per heavy atom. The summed E-state index contributed by atoms with van der Waals surface area (Å²) in [6.07, 6.45) is 2.89. The summed E-state index contributed by atoms with van der Waals surface area (Å²) >= 11 is 0. The molecule has 1 aromatic carbocycles. The molecule has 0 amide bonds. The van der Waals surface area contributed by atoms with Crippen molar-refractivity contribution in [2.45, 2.75) is 6.04 Å². The lowest BCUT2D eigenvalue weighted by Crippen LogP contribution is -2.29. The van der Waals surface area contributed by atoms with Crippen LogP contribution in [-0.2, 0) is 0 Å². The van der Waals surface area contributed by atoms with E-state index in [0.717, 1.165) is 25.2 Å². The fraction of sp³-hybridized carbons (Fsp3) is 0.389. The summed E-state index contributed by atoms with van der Waals surface area (Å²) in [6, 6.07) is 8.77. The van der Waals surface area contributed by atoms with Crippen LogP contribution in [0.25, 0.3) is 0 Å². The molecule has 3 heterocycles. The van der Waals surface area contributed by atoms with Gasteiger partial charge in [0, 0.05) is 37.8 Å². The minimum Gasteiger partial charge on any atom is -0.368 e. The van der Waals surface area contributed by atoms with E-state index in [4.69, 9.17) is 0 Å². The number of pyridine rings is 1. The molecule has 0 aliphatic carbocycles. The fourth-order valence-electron chi connectivity index (χ4n) is 4.27. The van der Waals surface area contributed by atoms with Crippen LogP contribution in [0.3, 0.4) is 0 Å². The zero-order valence-corrected chi connectivity index (χ0v) is 15.4. The lowest BCUT2D eigenvalue weighted by Gasteiger charge is -2.27. The van der Waals surface area contributed by atoms with Crippen molar-refractivity contribution in [2.24, 2.45) is 11.8 Å². The van der Waals surface area contributed by atoms with E-state index in [-0.39, 0.29) is 42.5 Å². The Morgan fingerprint density at radius 2 is 1.88 bits per heavy atom. The number of halogens is 4. The molecule has 0 saturated carbocycles. The molecule has 0 N–H and O–H groups in total. The fourth-order valence-corrected chi connectivity index (χ4v) is 4.27. The summed E-state index contributed by atoms with van der Waals surface area (Å²) in [5, 5.41) is 0. The second-order valence-corrected chi connectivity index (χ2v) is 6.60. The van der Waals surface area contributed by atoms with Gasteiger partial charge < -0.3 is 4.90 Å². The van der Waals surface area contributed by atoms with E-state index in [9.17, 15) is 8.78 Å². The first-order valence-corrected chi connectivity index (χ1v) is 7.93. The molecule has 2 aliphatic rings. The zero-order chi connectivity index (χ0) is 16.0. The topological polar surface area (TPSA) is 19.4 Å². The predicted molar refractivity (Wildman–Crippen MR) is 99.7 cm³/mol. The molecule has 1 aromatic heterocycles. The normalized spacial score (nSPS) is 25.2. The summed E-state index contributed by atoms with van der Waals surface area (Å²) in [7, 11) is 2.09. The molecule has 25 heavy (non-hydrogen) atoms. The maximum atomic E-state index is 14.0. The Balaban J connectivity index is 0.00000113. The third kappa shape index (κ3) is 3.59. The highest BCUT2D eigenvalue weighted by molar-refractivity contribution is 5.85. The van der Waals surface area contributed by atoms with Crippen LogP contribution in [-0.4, -0.2) is 36.6 Å². The number of nitrogens with zero attached hydrogens (tertiary/aromatic N) is 3. The Kier molecular flexibility index (Phi) is 6.25. The quantitative estimate of drug-likeness (QED) is 0.777. The summed E-state index contributed by atoms with van der Waals surface area (Å²) < 4.78 is 27.6. The Hall–Kier alpha value is -1.43. The SMILES string of the molecule is CN1C[C@H]2CN(c3ccncc3F)C[C@H]2[C@@H]1c1cccc(F)c1.Cl.Cl. The first-order valence-electron chi connectivity index (χ1n) is 7.93. The first-order chi connectivity index (χ1) is 11.1. The van der Waals surface area contributed by atoms with Crippen LogP contribution in [0.1, 0.15) is 11.6 Å². The van der Waals surface area contributed by atoms with Crippen molar-refractivity contribution in [1.29, 1.82) is 0 Å². The number of aromatic nitrogens is 1. The van der Waals surface area contributed by atoms with Gasteiger partial charge in [-0.25, -0.2) is 8.78 Å². The van der Waals surface area contributed by atoms with Gasteiger partial charge in [0.05, 0.1) is 11.9 Å². The summed E-state index contributed by atoms with van der Waals surface area (Å²) in [5.74, 6) is 0.382. The van der Waals surface area contributed by atoms with Crippen molar-refractivity contribution in [2.75, 3.05) is 31.6 Å². The smallest absolute Gasteiger partial charge is 0.164 e. The van der Waals surface area contributed by atoms with E-state index in [0.29, 0.717) is 17.5 Å². The van der Waals surface area contributed by atoms with Gasteiger partial charge >= 0.3 is 0 Å². The number of hydrogen-bond acceptors (Lipinski definition) is 3. The molecular formula is C18H21Cl2F2N3. The number of rotatable bonds is 2. The summed E-state index contributed by atoms with van der Waals surface area (Å²) in [5.41, 5.74) is 1.63. The molecule has 0 spiro atoms. The van der Waals surface area contributed by atoms with Crippen LogP contribution in [0, 0.1) is 23.5 Å². The van der Waals surface area contributed by atoms with Crippen LogP contribution in [0.5, 0.6) is 0 Å². The van der Waals surface area contributed by atoms with Crippen molar-refractivity contribution in [3.05, 3.63) is 59.9 Å². The molecule has 0 unspecified atom stereocenters. The monoisotopic (exact) mass is 387 g/mol. The lowest BCUT2D eigenvalue weighted by molar-refractivity contribution is 0.279. The van der Waals surface area contributed by atoms with Crippen molar-refractivity contribution >= 4 is 30.5 Å². The first kappa shape index (κ1) is 19.9. The van der Waals surface area contributed by atoms with E-state index in [1.54, 1.807) is 24.4 Å². The minimum absolute atomic E-state index is 0. The van der Waals surface area contributed by atoms with Gasteiger partial charge in [-0.1, -0.05) is 12.1 Å².